The number of hydrogen-bond donors (Lipinski definition) is 1. The van der Waals surface area contributed by atoms with Gasteiger partial charge in [0.25, 0.3) is 0 Å². The van der Waals surface area contributed by atoms with E-state index in [9.17, 15) is 21.6 Å². The van der Waals surface area contributed by atoms with Crippen molar-refractivity contribution in [2.24, 2.45) is 15.6 Å². The van der Waals surface area contributed by atoms with Crippen molar-refractivity contribution in [2.45, 2.75) is 52.0 Å². The second kappa shape index (κ2) is 8.49. The fourth-order valence-electron chi connectivity index (χ4n) is 3.37. The standard InChI is InChI=1S/C21H26F3N3O3S/c1-19(2,3)13-20(4,5)14-10-11-18(30-31(28,29)21(22,23)24)17(12-14)27-26-16-9-7-6-8-15(16)25/h6-12H,13,25H2,1-5H3. The van der Waals surface area contributed by atoms with Crippen LogP contribution in [0.4, 0.5) is 30.2 Å². The summed E-state index contributed by atoms with van der Waals surface area (Å²) in [6.45, 7) is 10.2. The average molecular weight is 458 g/mol. The largest absolute Gasteiger partial charge is 0.534 e. The Morgan fingerprint density at radius 3 is 2.06 bits per heavy atom. The summed E-state index contributed by atoms with van der Waals surface area (Å²) in [5, 5.41) is 7.93. The van der Waals surface area contributed by atoms with Gasteiger partial charge in [-0.2, -0.15) is 21.6 Å². The summed E-state index contributed by atoms with van der Waals surface area (Å²) in [7, 11) is -5.87. The van der Waals surface area contributed by atoms with E-state index in [0.717, 1.165) is 18.1 Å². The van der Waals surface area contributed by atoms with Crippen LogP contribution in [0.1, 0.15) is 46.6 Å². The zero-order chi connectivity index (χ0) is 23.7. The second-order valence-corrected chi connectivity index (χ2v) is 10.6. The predicted molar refractivity (Wildman–Crippen MR) is 114 cm³/mol. The number of alkyl halides is 3. The molecule has 0 saturated heterocycles. The van der Waals surface area contributed by atoms with Gasteiger partial charge in [-0.1, -0.05) is 52.8 Å². The number of para-hydroxylation sites is 1. The molecule has 2 N–H and O–H groups in total. The van der Waals surface area contributed by atoms with Crippen LogP contribution in [0, 0.1) is 5.41 Å². The zero-order valence-corrected chi connectivity index (χ0v) is 18.8. The van der Waals surface area contributed by atoms with Crippen LogP contribution in [0.15, 0.2) is 52.7 Å². The Bertz CT molecular complexity index is 1070. The third-order valence-corrected chi connectivity index (χ3v) is 5.36. The Labute approximate surface area is 180 Å². The number of halogens is 3. The topological polar surface area (TPSA) is 94.1 Å². The van der Waals surface area contributed by atoms with Crippen molar-refractivity contribution < 1.29 is 25.8 Å². The van der Waals surface area contributed by atoms with Crippen LogP contribution in [0.3, 0.4) is 0 Å². The average Bonchev–Trinajstić information content (AvgIpc) is 2.58. The van der Waals surface area contributed by atoms with E-state index >= 15 is 0 Å². The molecule has 0 amide bonds. The van der Waals surface area contributed by atoms with Crippen LogP contribution in [0.25, 0.3) is 0 Å². The van der Waals surface area contributed by atoms with E-state index in [1.54, 1.807) is 24.3 Å². The predicted octanol–water partition coefficient (Wildman–Crippen LogP) is 6.63. The number of hydrogen-bond acceptors (Lipinski definition) is 6. The molecular weight excluding hydrogens is 431 g/mol. The summed E-state index contributed by atoms with van der Waals surface area (Å²) in [5.41, 5.74) is 1.02. The SMILES string of the molecule is CC(C)(C)CC(C)(C)c1ccc(OS(=O)(=O)C(F)(F)F)c(N=Nc2ccccc2N)c1. The molecular formula is C21H26F3N3O3S. The van der Waals surface area contributed by atoms with Crippen LogP contribution in [-0.2, 0) is 15.5 Å². The van der Waals surface area contributed by atoms with Crippen molar-refractivity contribution in [1.82, 2.24) is 0 Å². The number of rotatable bonds is 6. The number of azo groups is 1. The Hall–Kier alpha value is -2.62. The van der Waals surface area contributed by atoms with E-state index in [1.165, 1.54) is 12.1 Å². The Balaban J connectivity index is 2.57. The summed E-state index contributed by atoms with van der Waals surface area (Å²) in [5.74, 6) is -0.578. The van der Waals surface area contributed by atoms with Gasteiger partial charge >= 0.3 is 15.6 Å². The van der Waals surface area contributed by atoms with E-state index in [2.05, 4.69) is 35.2 Å². The van der Waals surface area contributed by atoms with Gasteiger partial charge in [-0.05, 0) is 47.1 Å². The Kier molecular flexibility index (Phi) is 6.75. The van der Waals surface area contributed by atoms with Crippen molar-refractivity contribution in [3.63, 3.8) is 0 Å². The van der Waals surface area contributed by atoms with E-state index < -0.39 is 21.4 Å². The van der Waals surface area contributed by atoms with Crippen LogP contribution in [0.2, 0.25) is 0 Å². The van der Waals surface area contributed by atoms with Gasteiger partial charge in [0.05, 0.1) is 5.69 Å². The first kappa shape index (κ1) is 24.6. The van der Waals surface area contributed by atoms with Gasteiger partial charge in [0.15, 0.2) is 5.75 Å². The molecule has 31 heavy (non-hydrogen) atoms. The summed E-state index contributed by atoms with van der Waals surface area (Å²) in [6, 6.07) is 10.7. The number of anilines is 1. The first-order valence-corrected chi connectivity index (χ1v) is 10.8. The lowest BCUT2D eigenvalue weighted by Gasteiger charge is -2.33. The van der Waals surface area contributed by atoms with Crippen LogP contribution < -0.4 is 9.92 Å². The van der Waals surface area contributed by atoms with Gasteiger partial charge in [0.1, 0.15) is 11.4 Å². The maximum absolute atomic E-state index is 12.8. The van der Waals surface area contributed by atoms with Crippen molar-refractivity contribution in [3.8, 4) is 5.75 Å². The minimum absolute atomic E-state index is 0.0293. The summed E-state index contributed by atoms with van der Waals surface area (Å²) in [6.07, 6.45) is 0.753. The lowest BCUT2D eigenvalue weighted by atomic mass is 9.72. The maximum Gasteiger partial charge on any atom is 0.534 e. The number of benzene rings is 2. The number of nitrogens with zero attached hydrogens (tertiary/aromatic N) is 2. The molecule has 2 rings (SSSR count). The molecule has 2 aromatic rings. The number of nitrogens with two attached hydrogens (primary N) is 1. The first-order chi connectivity index (χ1) is 14.0. The van der Waals surface area contributed by atoms with Crippen molar-refractivity contribution in [1.29, 1.82) is 0 Å². The highest BCUT2D eigenvalue weighted by molar-refractivity contribution is 7.88. The highest BCUT2D eigenvalue weighted by Crippen LogP contribution is 2.41. The smallest absolute Gasteiger partial charge is 0.397 e. The lowest BCUT2D eigenvalue weighted by Crippen LogP contribution is -2.28. The molecule has 0 aromatic heterocycles. The number of nitrogen functional groups attached to an aromatic ring is 1. The van der Waals surface area contributed by atoms with Crippen LogP contribution >= 0.6 is 0 Å². The summed E-state index contributed by atoms with van der Waals surface area (Å²) in [4.78, 5) is 0. The molecule has 0 aliphatic carbocycles. The fourth-order valence-corrected chi connectivity index (χ4v) is 3.84. The maximum atomic E-state index is 12.8. The quantitative estimate of drug-likeness (QED) is 0.228. The van der Waals surface area contributed by atoms with Gasteiger partial charge in [-0.25, -0.2) is 0 Å². The zero-order valence-electron chi connectivity index (χ0n) is 18.0. The van der Waals surface area contributed by atoms with E-state index in [0.29, 0.717) is 5.69 Å². The highest BCUT2D eigenvalue weighted by atomic mass is 32.2. The minimum atomic E-state index is -5.87. The molecule has 0 fully saturated rings. The van der Waals surface area contributed by atoms with E-state index in [1.807, 2.05) is 13.8 Å². The Morgan fingerprint density at radius 1 is 0.935 bits per heavy atom. The molecule has 0 bridgehead atoms. The highest BCUT2D eigenvalue weighted by Gasteiger charge is 2.49. The molecule has 6 nitrogen and oxygen atoms in total. The third-order valence-electron chi connectivity index (χ3n) is 4.40. The molecule has 0 atom stereocenters. The van der Waals surface area contributed by atoms with Crippen molar-refractivity contribution in [3.05, 3.63) is 48.0 Å². The van der Waals surface area contributed by atoms with Crippen LogP contribution in [0.5, 0.6) is 5.75 Å². The molecule has 0 aliphatic heterocycles. The molecule has 10 heteroatoms. The summed E-state index contributed by atoms with van der Waals surface area (Å²) < 4.78 is 65.9. The molecule has 0 heterocycles. The van der Waals surface area contributed by atoms with Crippen molar-refractivity contribution in [2.75, 3.05) is 5.73 Å². The molecule has 0 spiro atoms. The van der Waals surface area contributed by atoms with Crippen LogP contribution in [-0.4, -0.2) is 13.9 Å². The molecule has 0 saturated carbocycles. The van der Waals surface area contributed by atoms with Gasteiger partial charge in [0.2, 0.25) is 0 Å². The monoisotopic (exact) mass is 457 g/mol. The molecule has 2 aromatic carbocycles. The first-order valence-electron chi connectivity index (χ1n) is 9.43. The molecule has 0 radical (unpaired) electrons. The normalized spacial score (nSPS) is 13.5. The van der Waals surface area contributed by atoms with Gasteiger partial charge < -0.3 is 9.92 Å². The second-order valence-electron chi connectivity index (χ2n) is 9.05. The molecule has 170 valence electrons. The third kappa shape index (κ3) is 6.43. The Morgan fingerprint density at radius 2 is 1.52 bits per heavy atom. The fraction of sp³-hybridized carbons (Fsp3) is 0.429. The minimum Gasteiger partial charge on any atom is -0.397 e. The lowest BCUT2D eigenvalue weighted by molar-refractivity contribution is -0.0499. The molecule has 0 aliphatic rings. The van der Waals surface area contributed by atoms with Gasteiger partial charge in [-0.15, -0.1) is 10.2 Å². The summed E-state index contributed by atoms with van der Waals surface area (Å²) >= 11 is 0. The van der Waals surface area contributed by atoms with Gasteiger partial charge in [-0.3, -0.25) is 0 Å². The van der Waals surface area contributed by atoms with Gasteiger partial charge in [0, 0.05) is 0 Å². The van der Waals surface area contributed by atoms with E-state index in [4.69, 9.17) is 5.73 Å². The van der Waals surface area contributed by atoms with Crippen molar-refractivity contribution >= 4 is 27.2 Å². The van der Waals surface area contributed by atoms with E-state index in [-0.39, 0.29) is 22.2 Å². The molecule has 0 unspecified atom stereocenters.